The molecule has 8 heteroatoms. The summed E-state index contributed by atoms with van der Waals surface area (Å²) in [4.78, 5) is 20.5. The Labute approximate surface area is 191 Å². The second-order valence-electron chi connectivity index (χ2n) is 7.74. The number of pyridine rings is 1. The molecule has 2 aromatic heterocycles. The monoisotopic (exact) mass is 443 g/mol. The molecular weight excluding hydrogens is 418 g/mol. The van der Waals surface area contributed by atoms with Crippen molar-refractivity contribution in [2.45, 2.75) is 18.8 Å². The largest absolute Gasteiger partial charge is 0.503 e. The minimum atomic E-state index is -0.834. The number of hydrogen-bond acceptors (Lipinski definition) is 6. The van der Waals surface area contributed by atoms with Crippen LogP contribution < -0.4 is 10.5 Å². The molecule has 3 N–H and O–H groups in total. The van der Waals surface area contributed by atoms with Gasteiger partial charge in [-0.2, -0.15) is 5.10 Å². The summed E-state index contributed by atoms with van der Waals surface area (Å²) >= 11 is 0. The Morgan fingerprint density at radius 3 is 2.15 bits per heavy atom. The molecule has 2 heterocycles. The summed E-state index contributed by atoms with van der Waals surface area (Å²) in [5.41, 5.74) is 7.79. The summed E-state index contributed by atoms with van der Waals surface area (Å²) in [5.74, 6) is -0.250. The maximum atomic E-state index is 11.6. The van der Waals surface area contributed by atoms with Crippen molar-refractivity contribution in [2.24, 2.45) is 12.8 Å². The van der Waals surface area contributed by atoms with Crippen molar-refractivity contribution in [1.29, 1.82) is 0 Å². The SMILES string of the molecule is COc1c(C(C)c2nc(C(c3ccccc3)c3ccccc3)nn2C)cnc(C(N)=O)c1O. The normalized spacial score (nSPS) is 12.0. The number of aryl methyl sites for hydroxylation is 1. The van der Waals surface area contributed by atoms with Crippen LogP contribution in [0.15, 0.2) is 66.9 Å². The zero-order chi connectivity index (χ0) is 23.5. The standard InChI is InChI=1S/C25H25N5O3/c1-15(18-14-27-20(23(26)32)21(31)22(18)33-3)25-28-24(29-30(25)2)19(16-10-6-4-7-11-16)17-12-8-5-9-13-17/h4-15,19,31H,1-3H3,(H2,26,32). The molecule has 0 saturated heterocycles. The number of primary amides is 1. The third kappa shape index (κ3) is 4.15. The molecule has 168 valence electrons. The highest BCUT2D eigenvalue weighted by atomic mass is 16.5. The third-order valence-corrected chi connectivity index (χ3v) is 5.66. The number of carbonyl (C=O) groups excluding carboxylic acids is 1. The molecule has 0 aliphatic rings. The molecule has 0 aliphatic heterocycles. The third-order valence-electron chi connectivity index (χ3n) is 5.66. The number of nitrogens with zero attached hydrogens (tertiary/aromatic N) is 4. The van der Waals surface area contributed by atoms with E-state index in [1.54, 1.807) is 4.68 Å². The van der Waals surface area contributed by atoms with Gasteiger partial charge in [0.15, 0.2) is 23.0 Å². The van der Waals surface area contributed by atoms with Gasteiger partial charge in [-0.3, -0.25) is 9.48 Å². The van der Waals surface area contributed by atoms with Gasteiger partial charge in [0.05, 0.1) is 13.0 Å². The fourth-order valence-corrected chi connectivity index (χ4v) is 4.04. The number of nitrogens with two attached hydrogens (primary N) is 1. The van der Waals surface area contributed by atoms with Crippen molar-refractivity contribution in [3.63, 3.8) is 0 Å². The summed E-state index contributed by atoms with van der Waals surface area (Å²) in [6.45, 7) is 1.91. The molecular formula is C25H25N5O3. The molecule has 0 aliphatic carbocycles. The summed E-state index contributed by atoms with van der Waals surface area (Å²) in [6, 6.07) is 20.2. The topological polar surface area (TPSA) is 116 Å². The fourth-order valence-electron chi connectivity index (χ4n) is 4.04. The molecule has 1 atom stereocenters. The highest BCUT2D eigenvalue weighted by Crippen LogP contribution is 2.39. The Morgan fingerprint density at radius 1 is 1.06 bits per heavy atom. The zero-order valence-corrected chi connectivity index (χ0v) is 18.6. The smallest absolute Gasteiger partial charge is 0.271 e. The van der Waals surface area contributed by atoms with Crippen LogP contribution in [0.2, 0.25) is 0 Å². The van der Waals surface area contributed by atoms with E-state index in [4.69, 9.17) is 20.6 Å². The molecule has 1 unspecified atom stereocenters. The predicted octanol–water partition coefficient (Wildman–Crippen LogP) is 3.36. The first-order valence-electron chi connectivity index (χ1n) is 10.5. The van der Waals surface area contributed by atoms with E-state index in [9.17, 15) is 9.90 Å². The van der Waals surface area contributed by atoms with Crippen LogP contribution >= 0.6 is 0 Å². The Morgan fingerprint density at radius 2 is 1.64 bits per heavy atom. The van der Waals surface area contributed by atoms with E-state index >= 15 is 0 Å². The average molecular weight is 444 g/mol. The zero-order valence-electron chi connectivity index (χ0n) is 18.6. The molecule has 0 spiro atoms. The number of hydrogen-bond donors (Lipinski definition) is 2. The van der Waals surface area contributed by atoms with Crippen LogP contribution in [-0.2, 0) is 7.05 Å². The summed E-state index contributed by atoms with van der Waals surface area (Å²) < 4.78 is 7.11. The van der Waals surface area contributed by atoms with E-state index in [1.165, 1.54) is 13.3 Å². The Balaban J connectivity index is 1.80. The molecule has 2 aromatic carbocycles. The molecule has 0 radical (unpaired) electrons. The molecule has 0 saturated carbocycles. The van der Waals surface area contributed by atoms with Crippen LogP contribution in [0.4, 0.5) is 0 Å². The van der Waals surface area contributed by atoms with Crippen LogP contribution in [0, 0.1) is 0 Å². The van der Waals surface area contributed by atoms with Gasteiger partial charge in [-0.15, -0.1) is 0 Å². The predicted molar refractivity (Wildman–Crippen MR) is 123 cm³/mol. The lowest BCUT2D eigenvalue weighted by Gasteiger charge is -2.16. The van der Waals surface area contributed by atoms with E-state index in [-0.39, 0.29) is 29.0 Å². The van der Waals surface area contributed by atoms with Crippen molar-refractivity contribution < 1.29 is 14.6 Å². The second-order valence-corrected chi connectivity index (χ2v) is 7.74. The number of ether oxygens (including phenoxy) is 1. The maximum Gasteiger partial charge on any atom is 0.271 e. The number of carbonyl (C=O) groups is 1. The number of methoxy groups -OCH3 is 1. The van der Waals surface area contributed by atoms with Gasteiger partial charge >= 0.3 is 0 Å². The summed E-state index contributed by atoms with van der Waals surface area (Å²) in [5, 5.41) is 15.2. The van der Waals surface area contributed by atoms with Crippen molar-refractivity contribution in [3.05, 3.63) is 101 Å². The first-order chi connectivity index (χ1) is 15.9. The van der Waals surface area contributed by atoms with Gasteiger partial charge < -0.3 is 15.6 Å². The molecule has 1 amide bonds. The van der Waals surface area contributed by atoms with E-state index in [1.807, 2.05) is 50.4 Å². The lowest BCUT2D eigenvalue weighted by atomic mass is 9.90. The van der Waals surface area contributed by atoms with Gasteiger partial charge in [-0.25, -0.2) is 9.97 Å². The van der Waals surface area contributed by atoms with Gasteiger partial charge in [-0.05, 0) is 11.1 Å². The highest BCUT2D eigenvalue weighted by Gasteiger charge is 2.28. The summed E-state index contributed by atoms with van der Waals surface area (Å²) in [7, 11) is 3.24. The molecule has 4 rings (SSSR count). The minimum absolute atomic E-state index is 0.138. The number of amides is 1. The highest BCUT2D eigenvalue weighted by molar-refractivity contribution is 5.94. The fraction of sp³-hybridized carbons (Fsp3) is 0.200. The molecule has 0 fully saturated rings. The molecule has 4 aromatic rings. The van der Waals surface area contributed by atoms with Crippen molar-refractivity contribution in [1.82, 2.24) is 19.7 Å². The van der Waals surface area contributed by atoms with E-state index in [0.717, 1.165) is 11.1 Å². The molecule has 33 heavy (non-hydrogen) atoms. The van der Waals surface area contributed by atoms with Gasteiger partial charge in [0.2, 0.25) is 0 Å². The Hall–Kier alpha value is -4.20. The Bertz CT molecular complexity index is 1230. The molecule has 8 nitrogen and oxygen atoms in total. The second kappa shape index (κ2) is 9.12. The molecule has 0 bridgehead atoms. The number of rotatable bonds is 7. The van der Waals surface area contributed by atoms with Gasteiger partial charge in [0.25, 0.3) is 5.91 Å². The van der Waals surface area contributed by atoms with Gasteiger partial charge in [-0.1, -0.05) is 67.6 Å². The van der Waals surface area contributed by atoms with Crippen LogP contribution in [-0.4, -0.2) is 37.9 Å². The van der Waals surface area contributed by atoms with Crippen molar-refractivity contribution >= 4 is 5.91 Å². The number of benzene rings is 2. The first kappa shape index (κ1) is 22.0. The number of aromatic hydroxyl groups is 1. The summed E-state index contributed by atoms with van der Waals surface area (Å²) in [6.07, 6.45) is 1.48. The van der Waals surface area contributed by atoms with Crippen molar-refractivity contribution in [2.75, 3.05) is 7.11 Å². The maximum absolute atomic E-state index is 11.6. The lowest BCUT2D eigenvalue weighted by Crippen LogP contribution is -2.15. The minimum Gasteiger partial charge on any atom is -0.503 e. The van der Waals surface area contributed by atoms with Gasteiger partial charge in [0.1, 0.15) is 5.82 Å². The lowest BCUT2D eigenvalue weighted by molar-refractivity contribution is 0.0992. The van der Waals surface area contributed by atoms with E-state index in [0.29, 0.717) is 17.2 Å². The van der Waals surface area contributed by atoms with Gasteiger partial charge in [0, 0.05) is 24.7 Å². The van der Waals surface area contributed by atoms with Crippen LogP contribution in [0.3, 0.4) is 0 Å². The average Bonchev–Trinajstić information content (AvgIpc) is 3.20. The van der Waals surface area contributed by atoms with E-state index < -0.39 is 5.91 Å². The first-order valence-corrected chi connectivity index (χ1v) is 10.5. The number of aromatic nitrogens is 4. The Kier molecular flexibility index (Phi) is 6.08. The van der Waals surface area contributed by atoms with Crippen molar-refractivity contribution in [3.8, 4) is 11.5 Å². The quantitative estimate of drug-likeness (QED) is 0.452. The van der Waals surface area contributed by atoms with Crippen LogP contribution in [0.1, 0.15) is 57.6 Å². The van der Waals surface area contributed by atoms with Crippen LogP contribution in [0.5, 0.6) is 11.5 Å². The van der Waals surface area contributed by atoms with E-state index in [2.05, 4.69) is 29.2 Å². The van der Waals surface area contributed by atoms with Crippen LogP contribution in [0.25, 0.3) is 0 Å².